The van der Waals surface area contributed by atoms with Crippen molar-refractivity contribution in [2.75, 3.05) is 19.7 Å². The number of nitrogens with one attached hydrogen (secondary N) is 1. The van der Waals surface area contributed by atoms with Gasteiger partial charge in [0.1, 0.15) is 0 Å². The minimum Gasteiger partial charge on any atom is -0.379 e. The molecule has 0 aromatic rings. The van der Waals surface area contributed by atoms with Crippen molar-refractivity contribution in [3.63, 3.8) is 0 Å². The van der Waals surface area contributed by atoms with Crippen LogP contribution in [-0.2, 0) is 4.74 Å². The van der Waals surface area contributed by atoms with Crippen molar-refractivity contribution in [1.29, 1.82) is 0 Å². The van der Waals surface area contributed by atoms with E-state index in [1.807, 2.05) is 0 Å². The lowest BCUT2D eigenvalue weighted by Gasteiger charge is -2.21. The predicted octanol–water partition coefficient (Wildman–Crippen LogP) is 2.97. The maximum Gasteiger partial charge on any atom is 0.0518 e. The van der Waals surface area contributed by atoms with Crippen molar-refractivity contribution in [3.8, 4) is 0 Å². The molecule has 0 spiro atoms. The third-order valence-electron chi connectivity index (χ3n) is 3.11. The summed E-state index contributed by atoms with van der Waals surface area (Å²) in [4.78, 5) is 0. The highest BCUT2D eigenvalue weighted by atomic mass is 16.5. The van der Waals surface area contributed by atoms with Gasteiger partial charge in [-0.05, 0) is 52.1 Å². The van der Waals surface area contributed by atoms with Crippen molar-refractivity contribution >= 4 is 0 Å². The molecule has 90 valence electrons. The predicted molar refractivity (Wildman–Crippen MR) is 65.1 cm³/mol. The summed E-state index contributed by atoms with van der Waals surface area (Å²) in [6.07, 6.45) is 8.75. The Hall–Kier alpha value is -0.0800. The summed E-state index contributed by atoms with van der Waals surface area (Å²) < 4.78 is 5.49. The lowest BCUT2D eigenvalue weighted by Crippen LogP contribution is -2.26. The summed E-state index contributed by atoms with van der Waals surface area (Å²) in [7, 11) is 0. The van der Waals surface area contributed by atoms with E-state index in [4.69, 9.17) is 4.74 Å². The van der Waals surface area contributed by atoms with Crippen molar-refractivity contribution in [1.82, 2.24) is 5.32 Å². The monoisotopic (exact) mass is 213 g/mol. The van der Waals surface area contributed by atoms with Crippen LogP contribution < -0.4 is 5.32 Å². The molecule has 0 saturated heterocycles. The topological polar surface area (TPSA) is 21.3 Å². The van der Waals surface area contributed by atoms with Gasteiger partial charge in [0.25, 0.3) is 0 Å². The molecular formula is C13H27NO. The van der Waals surface area contributed by atoms with E-state index in [0.717, 1.165) is 25.5 Å². The van der Waals surface area contributed by atoms with Crippen LogP contribution >= 0.6 is 0 Å². The van der Waals surface area contributed by atoms with Crippen molar-refractivity contribution in [2.45, 2.75) is 58.5 Å². The normalized spacial score (nSPS) is 18.6. The Labute approximate surface area is 94.8 Å². The molecule has 0 amide bonds. The SMILES string of the molecule is CC(C)OCCCNCC1CCCCC1. The average molecular weight is 213 g/mol. The van der Waals surface area contributed by atoms with Crippen LogP contribution in [0, 0.1) is 5.92 Å². The molecule has 1 fully saturated rings. The van der Waals surface area contributed by atoms with E-state index in [2.05, 4.69) is 19.2 Å². The smallest absolute Gasteiger partial charge is 0.0518 e. The Bertz CT molecular complexity index is 141. The Morgan fingerprint density at radius 2 is 1.93 bits per heavy atom. The highest BCUT2D eigenvalue weighted by Gasteiger charge is 2.12. The first kappa shape index (κ1) is 13.0. The van der Waals surface area contributed by atoms with Gasteiger partial charge in [-0.15, -0.1) is 0 Å². The molecule has 1 aliphatic rings. The number of ether oxygens (including phenoxy) is 1. The molecule has 15 heavy (non-hydrogen) atoms. The maximum absolute atomic E-state index is 5.49. The van der Waals surface area contributed by atoms with Crippen LogP contribution in [0.15, 0.2) is 0 Å². The summed E-state index contributed by atoms with van der Waals surface area (Å²) in [5.41, 5.74) is 0. The van der Waals surface area contributed by atoms with Gasteiger partial charge in [-0.3, -0.25) is 0 Å². The molecule has 0 aromatic heterocycles. The first-order valence-corrected chi connectivity index (χ1v) is 6.61. The summed E-state index contributed by atoms with van der Waals surface area (Å²) in [6, 6.07) is 0. The molecule has 1 aliphatic carbocycles. The van der Waals surface area contributed by atoms with E-state index in [0.29, 0.717) is 6.10 Å². The van der Waals surface area contributed by atoms with Gasteiger partial charge in [0, 0.05) is 6.61 Å². The van der Waals surface area contributed by atoms with Gasteiger partial charge >= 0.3 is 0 Å². The molecule has 1 saturated carbocycles. The van der Waals surface area contributed by atoms with Crippen LogP contribution in [0.3, 0.4) is 0 Å². The first-order chi connectivity index (χ1) is 7.29. The van der Waals surface area contributed by atoms with Crippen molar-refractivity contribution in [2.24, 2.45) is 5.92 Å². The summed E-state index contributed by atoms with van der Waals surface area (Å²) in [6.45, 7) is 7.42. The third-order valence-corrected chi connectivity index (χ3v) is 3.11. The third kappa shape index (κ3) is 6.91. The van der Waals surface area contributed by atoms with Crippen LogP contribution in [0.1, 0.15) is 52.4 Å². The van der Waals surface area contributed by atoms with Crippen LogP contribution in [0.25, 0.3) is 0 Å². The van der Waals surface area contributed by atoms with Crippen LogP contribution in [0.4, 0.5) is 0 Å². The summed E-state index contributed by atoms with van der Waals surface area (Å²) >= 11 is 0. The van der Waals surface area contributed by atoms with Crippen LogP contribution in [0.5, 0.6) is 0 Å². The van der Waals surface area contributed by atoms with E-state index >= 15 is 0 Å². The Kier molecular flexibility index (Phi) is 7.03. The zero-order valence-corrected chi connectivity index (χ0v) is 10.4. The maximum atomic E-state index is 5.49. The molecule has 1 rings (SSSR count). The second kappa shape index (κ2) is 8.12. The van der Waals surface area contributed by atoms with E-state index in [1.54, 1.807) is 0 Å². The van der Waals surface area contributed by atoms with E-state index in [-0.39, 0.29) is 0 Å². The molecule has 1 N–H and O–H groups in total. The molecule has 2 nitrogen and oxygen atoms in total. The molecule has 0 radical (unpaired) electrons. The zero-order valence-electron chi connectivity index (χ0n) is 10.4. The quantitative estimate of drug-likeness (QED) is 0.656. The number of hydrogen-bond donors (Lipinski definition) is 1. The molecule has 0 aromatic carbocycles. The standard InChI is InChI=1S/C13H27NO/c1-12(2)15-10-6-9-14-11-13-7-4-3-5-8-13/h12-14H,3-11H2,1-2H3. The van der Waals surface area contributed by atoms with E-state index in [9.17, 15) is 0 Å². The molecule has 0 heterocycles. The second-order valence-corrected chi connectivity index (χ2v) is 4.98. The number of hydrogen-bond acceptors (Lipinski definition) is 2. The summed E-state index contributed by atoms with van der Waals surface area (Å²) in [5.74, 6) is 0.949. The van der Waals surface area contributed by atoms with Crippen LogP contribution in [-0.4, -0.2) is 25.8 Å². The van der Waals surface area contributed by atoms with Crippen molar-refractivity contribution in [3.05, 3.63) is 0 Å². The lowest BCUT2D eigenvalue weighted by molar-refractivity contribution is 0.0769. The van der Waals surface area contributed by atoms with Gasteiger partial charge in [0.15, 0.2) is 0 Å². The van der Waals surface area contributed by atoms with E-state index in [1.165, 1.54) is 38.6 Å². The highest BCUT2D eigenvalue weighted by Crippen LogP contribution is 2.22. The van der Waals surface area contributed by atoms with Gasteiger partial charge in [0.05, 0.1) is 6.10 Å². The average Bonchev–Trinajstić information content (AvgIpc) is 2.24. The molecule has 0 bridgehead atoms. The molecule has 0 aliphatic heterocycles. The molecule has 0 unspecified atom stereocenters. The molecule has 0 atom stereocenters. The van der Waals surface area contributed by atoms with Crippen molar-refractivity contribution < 1.29 is 4.74 Å². The molecule has 2 heteroatoms. The fraction of sp³-hybridized carbons (Fsp3) is 1.00. The van der Waals surface area contributed by atoms with Gasteiger partial charge in [-0.1, -0.05) is 19.3 Å². The lowest BCUT2D eigenvalue weighted by atomic mass is 9.89. The Morgan fingerprint density at radius 3 is 2.60 bits per heavy atom. The molecular weight excluding hydrogens is 186 g/mol. The number of rotatable bonds is 7. The minimum atomic E-state index is 0.378. The fourth-order valence-electron chi connectivity index (χ4n) is 2.21. The fourth-order valence-corrected chi connectivity index (χ4v) is 2.21. The first-order valence-electron chi connectivity index (χ1n) is 6.61. The van der Waals surface area contributed by atoms with Gasteiger partial charge < -0.3 is 10.1 Å². The summed E-state index contributed by atoms with van der Waals surface area (Å²) in [5, 5.41) is 3.55. The zero-order chi connectivity index (χ0) is 10.9. The van der Waals surface area contributed by atoms with Crippen LogP contribution in [0.2, 0.25) is 0 Å². The largest absolute Gasteiger partial charge is 0.379 e. The minimum absolute atomic E-state index is 0.378. The van der Waals surface area contributed by atoms with Gasteiger partial charge in [-0.2, -0.15) is 0 Å². The Balaban J connectivity index is 1.83. The Morgan fingerprint density at radius 1 is 1.20 bits per heavy atom. The van der Waals surface area contributed by atoms with E-state index < -0.39 is 0 Å². The van der Waals surface area contributed by atoms with Gasteiger partial charge in [-0.25, -0.2) is 0 Å². The second-order valence-electron chi connectivity index (χ2n) is 4.98. The highest BCUT2D eigenvalue weighted by molar-refractivity contribution is 4.67. The van der Waals surface area contributed by atoms with Gasteiger partial charge in [0.2, 0.25) is 0 Å².